The van der Waals surface area contributed by atoms with Gasteiger partial charge in [-0.1, -0.05) is 0 Å². The molecule has 0 rings (SSSR count). The van der Waals surface area contributed by atoms with Gasteiger partial charge in [0.2, 0.25) is 0 Å². The third kappa shape index (κ3) is 8.69. The van der Waals surface area contributed by atoms with Crippen LogP contribution in [0.5, 0.6) is 0 Å². The van der Waals surface area contributed by atoms with Gasteiger partial charge in [-0.05, 0) is 0 Å². The van der Waals surface area contributed by atoms with Crippen molar-refractivity contribution in [3.8, 4) is 0 Å². The Labute approximate surface area is 65.5 Å². The molecule has 4 nitrogen and oxygen atoms in total. The van der Waals surface area contributed by atoms with Crippen molar-refractivity contribution in [2.75, 3.05) is 4.55 Å². The SMILES string of the molecule is [CH3][Sb+]([CH3])([CH3])[CH2]OS(=O)(=O)[O-]. The molecule has 0 unspecified atom stereocenters. The van der Waals surface area contributed by atoms with Gasteiger partial charge in [-0.2, -0.15) is 0 Å². The molecule has 0 N–H and O–H groups in total. The fourth-order valence-corrected chi connectivity index (χ4v) is 4.48. The summed E-state index contributed by atoms with van der Waals surface area (Å²) in [5.41, 5.74) is 0. The standard InChI is InChI=1S/CH3O4S.3CH3.Sb/c1-5-6(2,3)4;;;;/h1H2,(H,2,3,4);3*1H3;/q;;;;+1/p-1. The zero-order valence-electron chi connectivity index (χ0n) is 6.20. The molecule has 0 aliphatic carbocycles. The zero-order valence-corrected chi connectivity index (χ0v) is 9.56. The van der Waals surface area contributed by atoms with Crippen LogP contribution in [0.4, 0.5) is 0 Å². The van der Waals surface area contributed by atoms with Gasteiger partial charge < -0.3 is 0 Å². The van der Waals surface area contributed by atoms with E-state index in [-0.39, 0.29) is 4.55 Å². The van der Waals surface area contributed by atoms with E-state index in [1.54, 1.807) is 0 Å². The summed E-state index contributed by atoms with van der Waals surface area (Å²) in [5.74, 6) is 0. The molecule has 0 bridgehead atoms. The third-order valence-corrected chi connectivity index (χ3v) is 4.09. The molecule has 0 atom stereocenters. The Hall–Kier alpha value is 0.688. The van der Waals surface area contributed by atoms with Crippen molar-refractivity contribution in [3.63, 3.8) is 0 Å². The fourth-order valence-electron chi connectivity index (χ4n) is 0.223. The molecule has 0 saturated carbocycles. The Morgan fingerprint density at radius 2 is 1.80 bits per heavy atom. The van der Waals surface area contributed by atoms with Gasteiger partial charge in [-0.25, -0.2) is 0 Å². The fraction of sp³-hybridized carbons (Fsp3) is 1.00. The van der Waals surface area contributed by atoms with E-state index in [1.165, 1.54) is 0 Å². The third-order valence-electron chi connectivity index (χ3n) is 0.584. The van der Waals surface area contributed by atoms with Crippen molar-refractivity contribution in [2.24, 2.45) is 0 Å². The van der Waals surface area contributed by atoms with Crippen LogP contribution in [0, 0.1) is 0 Å². The molecule has 0 aliphatic heterocycles. The van der Waals surface area contributed by atoms with Crippen molar-refractivity contribution in [1.82, 2.24) is 0 Å². The number of hydrogen-bond donors (Lipinski definition) is 0. The van der Waals surface area contributed by atoms with E-state index in [1.807, 2.05) is 14.6 Å². The minimum atomic E-state index is -4.46. The summed E-state index contributed by atoms with van der Waals surface area (Å²) in [5, 5.41) is 0. The summed E-state index contributed by atoms with van der Waals surface area (Å²) >= 11 is -2.13. The first-order valence-electron chi connectivity index (χ1n) is 2.61. The Morgan fingerprint density at radius 1 is 1.40 bits per heavy atom. The summed E-state index contributed by atoms with van der Waals surface area (Å²) in [4.78, 5) is 5.93. The summed E-state index contributed by atoms with van der Waals surface area (Å²) < 4.78 is 34.0. The van der Waals surface area contributed by atoms with Crippen LogP contribution in [0.25, 0.3) is 0 Å². The number of rotatable bonds is 3. The van der Waals surface area contributed by atoms with Gasteiger partial charge >= 0.3 is 65.5 Å². The van der Waals surface area contributed by atoms with Crippen LogP contribution in [0.2, 0.25) is 14.6 Å². The summed E-state index contributed by atoms with van der Waals surface area (Å²) in [6.45, 7) is 0. The molecule has 0 fully saturated rings. The summed E-state index contributed by atoms with van der Waals surface area (Å²) in [7, 11) is -4.46. The predicted octanol–water partition coefficient (Wildman–Crippen LogP) is 0.341. The van der Waals surface area contributed by atoms with Crippen molar-refractivity contribution in [3.05, 3.63) is 0 Å². The van der Waals surface area contributed by atoms with Gasteiger partial charge in [-0.15, -0.1) is 0 Å². The second-order valence-electron chi connectivity index (χ2n) is 2.95. The molecule has 0 spiro atoms. The molecule has 0 amide bonds. The topological polar surface area (TPSA) is 66.4 Å². The molecule has 10 heavy (non-hydrogen) atoms. The van der Waals surface area contributed by atoms with Crippen LogP contribution in [-0.2, 0) is 14.6 Å². The first kappa shape index (κ1) is 10.7. The molecule has 0 aromatic heterocycles. The molecular weight excluding hydrogens is 266 g/mol. The van der Waals surface area contributed by atoms with E-state index < -0.39 is 29.2 Å². The molecule has 0 aromatic carbocycles. The Kier molecular flexibility index (Phi) is 3.62. The second kappa shape index (κ2) is 3.39. The van der Waals surface area contributed by atoms with Gasteiger partial charge in [0, 0.05) is 0 Å². The van der Waals surface area contributed by atoms with Gasteiger partial charge in [0.15, 0.2) is 0 Å². The molecule has 0 aliphatic rings. The molecule has 6 heteroatoms. The van der Waals surface area contributed by atoms with Crippen molar-refractivity contribution >= 4 is 29.2 Å². The normalized spacial score (nSPS) is 13.6. The maximum atomic E-state index is 9.93. The summed E-state index contributed by atoms with van der Waals surface area (Å²) in [6, 6.07) is 0. The van der Waals surface area contributed by atoms with E-state index in [4.69, 9.17) is 0 Å². The van der Waals surface area contributed by atoms with Crippen LogP contribution in [-0.4, -0.2) is 36.3 Å². The molecular formula is C4H11O4SSb. The molecule has 62 valence electrons. The average Bonchev–Trinajstić information content (AvgIpc) is 1.57. The van der Waals surface area contributed by atoms with Crippen LogP contribution in [0.15, 0.2) is 0 Å². The maximum absolute atomic E-state index is 9.93. The van der Waals surface area contributed by atoms with Gasteiger partial charge in [0.1, 0.15) is 0 Å². The van der Waals surface area contributed by atoms with Crippen molar-refractivity contribution in [2.45, 2.75) is 14.6 Å². The Morgan fingerprint density at radius 3 is 1.90 bits per heavy atom. The van der Waals surface area contributed by atoms with Crippen molar-refractivity contribution in [1.29, 1.82) is 0 Å². The summed E-state index contributed by atoms with van der Waals surface area (Å²) in [6.07, 6.45) is 0. The van der Waals surface area contributed by atoms with Gasteiger partial charge in [0.25, 0.3) is 0 Å². The van der Waals surface area contributed by atoms with Gasteiger partial charge in [-0.3, -0.25) is 0 Å². The quantitative estimate of drug-likeness (QED) is 0.424. The van der Waals surface area contributed by atoms with E-state index in [0.717, 1.165) is 0 Å². The molecule has 0 heterocycles. The first-order valence-corrected chi connectivity index (χ1v) is 13.4. The molecule has 0 aromatic rings. The average molecular weight is 277 g/mol. The Balaban J connectivity index is 3.79. The molecule has 0 radical (unpaired) electrons. The van der Waals surface area contributed by atoms with Crippen LogP contribution in [0.1, 0.15) is 0 Å². The first-order chi connectivity index (χ1) is 4.21. The monoisotopic (exact) mass is 276 g/mol. The van der Waals surface area contributed by atoms with Crippen LogP contribution >= 0.6 is 0 Å². The Bertz CT molecular complexity index is 190. The molecule has 0 saturated heterocycles. The van der Waals surface area contributed by atoms with E-state index in [9.17, 15) is 13.0 Å². The zero-order chi connectivity index (χ0) is 8.41. The second-order valence-corrected chi connectivity index (χ2v) is 17.8. The van der Waals surface area contributed by atoms with E-state index >= 15 is 0 Å². The van der Waals surface area contributed by atoms with Gasteiger partial charge in [0.05, 0.1) is 0 Å². The van der Waals surface area contributed by atoms with E-state index in [2.05, 4.69) is 4.18 Å². The van der Waals surface area contributed by atoms with Crippen LogP contribution < -0.4 is 0 Å². The predicted molar refractivity (Wildman–Crippen MR) is 39.0 cm³/mol. The van der Waals surface area contributed by atoms with Crippen LogP contribution in [0.3, 0.4) is 0 Å². The number of hydrogen-bond acceptors (Lipinski definition) is 4. The van der Waals surface area contributed by atoms with E-state index in [0.29, 0.717) is 0 Å². The minimum absolute atomic E-state index is 0.129. The van der Waals surface area contributed by atoms with Crippen molar-refractivity contribution < 1.29 is 17.2 Å².